The minimum Gasteiger partial charge on any atom is -0.494 e. The smallest absolute Gasteiger partial charge is 0.269 e. The molecule has 138 valence electrons. The first-order chi connectivity index (χ1) is 12.5. The van der Waals surface area contributed by atoms with Gasteiger partial charge in [-0.05, 0) is 54.7 Å². The average molecular weight is 354 g/mol. The Morgan fingerprint density at radius 3 is 2.12 bits per heavy atom. The molecule has 2 amide bonds. The molecular formula is C21H26N2O3. The quantitative estimate of drug-likeness (QED) is 0.750. The van der Waals surface area contributed by atoms with Crippen LogP contribution in [-0.4, -0.2) is 18.4 Å². The van der Waals surface area contributed by atoms with Crippen molar-refractivity contribution < 1.29 is 14.3 Å². The lowest BCUT2D eigenvalue weighted by molar-refractivity contribution is -0.121. The van der Waals surface area contributed by atoms with Crippen molar-refractivity contribution >= 4 is 11.8 Å². The van der Waals surface area contributed by atoms with E-state index in [0.717, 1.165) is 12.0 Å². The van der Waals surface area contributed by atoms with Gasteiger partial charge in [0.15, 0.2) is 0 Å². The number of carbonyl (C=O) groups excluding carboxylic acids is 2. The van der Waals surface area contributed by atoms with E-state index in [2.05, 4.69) is 24.7 Å². The van der Waals surface area contributed by atoms with Gasteiger partial charge in [-0.15, -0.1) is 0 Å². The Hall–Kier alpha value is -2.82. The number of nitrogens with one attached hydrogen (secondary N) is 2. The van der Waals surface area contributed by atoms with Gasteiger partial charge >= 0.3 is 0 Å². The van der Waals surface area contributed by atoms with Gasteiger partial charge in [-0.1, -0.05) is 38.1 Å². The van der Waals surface area contributed by atoms with Crippen LogP contribution in [-0.2, 0) is 17.6 Å². The summed E-state index contributed by atoms with van der Waals surface area (Å²) in [7, 11) is 0. The molecule has 0 aromatic heterocycles. The van der Waals surface area contributed by atoms with Gasteiger partial charge in [-0.25, -0.2) is 0 Å². The zero-order valence-electron chi connectivity index (χ0n) is 15.5. The minimum atomic E-state index is -0.367. The molecule has 2 aromatic carbocycles. The summed E-state index contributed by atoms with van der Waals surface area (Å²) in [4.78, 5) is 24.1. The highest BCUT2D eigenvalue weighted by atomic mass is 16.5. The van der Waals surface area contributed by atoms with E-state index in [1.54, 1.807) is 24.3 Å². The van der Waals surface area contributed by atoms with Crippen LogP contribution in [0.5, 0.6) is 5.75 Å². The van der Waals surface area contributed by atoms with Gasteiger partial charge in [0.2, 0.25) is 5.91 Å². The Balaban J connectivity index is 1.81. The lowest BCUT2D eigenvalue weighted by Gasteiger charge is -2.09. The fraction of sp³-hybridized carbons (Fsp3) is 0.333. The summed E-state index contributed by atoms with van der Waals surface area (Å²) in [5, 5.41) is 0. The Kier molecular flexibility index (Phi) is 7.21. The van der Waals surface area contributed by atoms with Gasteiger partial charge in [0, 0.05) is 5.56 Å². The van der Waals surface area contributed by atoms with E-state index in [9.17, 15) is 9.59 Å². The molecule has 2 rings (SSSR count). The molecule has 0 unspecified atom stereocenters. The lowest BCUT2D eigenvalue weighted by atomic mass is 10.0. The zero-order chi connectivity index (χ0) is 18.9. The number of carbonyl (C=O) groups is 2. The van der Waals surface area contributed by atoms with Gasteiger partial charge in [0.1, 0.15) is 5.75 Å². The average Bonchev–Trinajstić information content (AvgIpc) is 2.62. The third-order valence-corrected chi connectivity index (χ3v) is 3.77. The summed E-state index contributed by atoms with van der Waals surface area (Å²) in [6.07, 6.45) is 1.23. The van der Waals surface area contributed by atoms with Gasteiger partial charge < -0.3 is 4.74 Å². The maximum Gasteiger partial charge on any atom is 0.269 e. The van der Waals surface area contributed by atoms with Crippen molar-refractivity contribution in [2.24, 2.45) is 5.92 Å². The number of hydrazine groups is 1. The molecule has 0 aliphatic heterocycles. The van der Waals surface area contributed by atoms with Crippen LogP contribution in [0.2, 0.25) is 0 Å². The second kappa shape index (κ2) is 9.61. The van der Waals surface area contributed by atoms with Gasteiger partial charge in [-0.2, -0.15) is 0 Å². The molecule has 0 heterocycles. The SMILES string of the molecule is CCOc1ccc(C(=O)NNC(=O)Cc2ccc(CC(C)C)cc2)cc1. The predicted molar refractivity (Wildman–Crippen MR) is 102 cm³/mol. The number of rotatable bonds is 7. The van der Waals surface area contributed by atoms with Gasteiger partial charge in [0.25, 0.3) is 5.91 Å². The van der Waals surface area contributed by atoms with Crippen molar-refractivity contribution in [1.29, 1.82) is 0 Å². The van der Waals surface area contributed by atoms with Gasteiger partial charge in [0.05, 0.1) is 13.0 Å². The van der Waals surface area contributed by atoms with Crippen LogP contribution in [0.3, 0.4) is 0 Å². The van der Waals surface area contributed by atoms with Crippen LogP contribution in [0.1, 0.15) is 42.3 Å². The van der Waals surface area contributed by atoms with E-state index < -0.39 is 0 Å². The highest BCUT2D eigenvalue weighted by Crippen LogP contribution is 2.12. The minimum absolute atomic E-state index is 0.214. The zero-order valence-corrected chi connectivity index (χ0v) is 15.5. The fourth-order valence-electron chi connectivity index (χ4n) is 2.56. The third-order valence-electron chi connectivity index (χ3n) is 3.77. The third kappa shape index (κ3) is 6.24. The van der Waals surface area contributed by atoms with Crippen molar-refractivity contribution in [3.63, 3.8) is 0 Å². The van der Waals surface area contributed by atoms with Crippen molar-refractivity contribution in [2.75, 3.05) is 6.61 Å². The summed E-state index contributed by atoms with van der Waals surface area (Å²) in [6.45, 7) is 6.82. The molecule has 0 radical (unpaired) electrons. The first kappa shape index (κ1) is 19.5. The summed E-state index contributed by atoms with van der Waals surface area (Å²) < 4.78 is 5.33. The summed E-state index contributed by atoms with van der Waals surface area (Å²) in [5.41, 5.74) is 7.49. The highest BCUT2D eigenvalue weighted by Gasteiger charge is 2.08. The maximum absolute atomic E-state index is 12.1. The molecule has 0 fully saturated rings. The number of hydrogen-bond acceptors (Lipinski definition) is 3. The van der Waals surface area contributed by atoms with Crippen molar-refractivity contribution in [3.05, 3.63) is 65.2 Å². The molecule has 0 aliphatic carbocycles. The molecule has 0 bridgehead atoms. The van der Waals surface area contributed by atoms with E-state index in [1.165, 1.54) is 5.56 Å². The molecule has 2 N–H and O–H groups in total. The maximum atomic E-state index is 12.1. The predicted octanol–water partition coefficient (Wildman–Crippen LogP) is 3.29. The fourth-order valence-corrected chi connectivity index (χ4v) is 2.56. The Morgan fingerprint density at radius 1 is 0.923 bits per heavy atom. The van der Waals surface area contributed by atoms with E-state index >= 15 is 0 Å². The Labute approximate surface area is 154 Å². The molecule has 0 atom stereocenters. The van der Waals surface area contributed by atoms with Crippen LogP contribution >= 0.6 is 0 Å². The number of amides is 2. The van der Waals surface area contributed by atoms with Crippen LogP contribution in [0.25, 0.3) is 0 Å². The molecule has 5 nitrogen and oxygen atoms in total. The standard InChI is InChI=1S/C21H26N2O3/c1-4-26-19-11-9-18(10-12-19)21(25)23-22-20(24)14-17-7-5-16(6-8-17)13-15(2)3/h5-12,15H,4,13-14H2,1-3H3,(H,22,24)(H,23,25). The summed E-state index contributed by atoms with van der Waals surface area (Å²) in [6, 6.07) is 14.7. The second-order valence-electron chi connectivity index (χ2n) is 6.55. The van der Waals surface area contributed by atoms with Crippen molar-refractivity contribution in [3.8, 4) is 5.75 Å². The van der Waals surface area contributed by atoms with E-state index in [-0.39, 0.29) is 18.2 Å². The first-order valence-corrected chi connectivity index (χ1v) is 8.87. The second-order valence-corrected chi connectivity index (χ2v) is 6.55. The van der Waals surface area contributed by atoms with Crippen LogP contribution in [0.15, 0.2) is 48.5 Å². The van der Waals surface area contributed by atoms with Crippen LogP contribution in [0, 0.1) is 5.92 Å². The molecule has 0 aliphatic rings. The Bertz CT molecular complexity index is 722. The first-order valence-electron chi connectivity index (χ1n) is 8.87. The number of ether oxygens (including phenoxy) is 1. The van der Waals surface area contributed by atoms with Gasteiger partial charge in [-0.3, -0.25) is 20.4 Å². The highest BCUT2D eigenvalue weighted by molar-refractivity contribution is 5.95. The van der Waals surface area contributed by atoms with Crippen LogP contribution in [0.4, 0.5) is 0 Å². The molecule has 0 saturated heterocycles. The van der Waals surface area contributed by atoms with E-state index in [0.29, 0.717) is 23.8 Å². The van der Waals surface area contributed by atoms with E-state index in [1.807, 2.05) is 31.2 Å². The largest absolute Gasteiger partial charge is 0.494 e. The van der Waals surface area contributed by atoms with Crippen LogP contribution < -0.4 is 15.6 Å². The normalized spacial score (nSPS) is 10.5. The molecular weight excluding hydrogens is 328 g/mol. The molecule has 26 heavy (non-hydrogen) atoms. The molecule has 0 spiro atoms. The van der Waals surface area contributed by atoms with E-state index in [4.69, 9.17) is 4.74 Å². The van der Waals surface area contributed by atoms with Crippen molar-refractivity contribution in [2.45, 2.75) is 33.6 Å². The number of hydrogen-bond donors (Lipinski definition) is 2. The topological polar surface area (TPSA) is 67.4 Å². The van der Waals surface area contributed by atoms with Crippen molar-refractivity contribution in [1.82, 2.24) is 10.9 Å². The number of benzene rings is 2. The molecule has 2 aromatic rings. The monoisotopic (exact) mass is 354 g/mol. The summed E-state index contributed by atoms with van der Waals surface area (Å²) in [5.74, 6) is 0.672. The lowest BCUT2D eigenvalue weighted by Crippen LogP contribution is -2.42. The molecule has 5 heteroatoms. The Morgan fingerprint density at radius 2 is 1.54 bits per heavy atom. The molecule has 0 saturated carbocycles. The summed E-state index contributed by atoms with van der Waals surface area (Å²) >= 11 is 0.